The van der Waals surface area contributed by atoms with Crippen molar-refractivity contribution < 1.29 is 14.9 Å². The van der Waals surface area contributed by atoms with Crippen LogP contribution in [-0.2, 0) is 4.74 Å². The Hall–Kier alpha value is -1.51. The second kappa shape index (κ2) is 4.40. The SMILES string of the molecule is CC[C@H]1O[C@@H](n2ncc(=O)[nH]c2=O)C(O)[C@H]1O. The molecule has 0 amide bonds. The molecule has 1 fully saturated rings. The van der Waals surface area contributed by atoms with Crippen molar-refractivity contribution in [3.05, 3.63) is 27.0 Å². The van der Waals surface area contributed by atoms with Crippen LogP contribution in [0.2, 0.25) is 0 Å². The molecule has 94 valence electrons. The van der Waals surface area contributed by atoms with Crippen LogP contribution in [0.5, 0.6) is 0 Å². The molecule has 1 aromatic rings. The second-order valence-electron chi connectivity index (χ2n) is 3.84. The highest BCUT2D eigenvalue weighted by Gasteiger charge is 2.43. The van der Waals surface area contributed by atoms with Crippen LogP contribution in [0.15, 0.2) is 15.8 Å². The Labute approximate surface area is 95.5 Å². The number of H-pyrrole nitrogens is 1. The van der Waals surface area contributed by atoms with Gasteiger partial charge in [-0.05, 0) is 6.42 Å². The molecule has 1 aromatic heterocycles. The molecule has 0 aromatic carbocycles. The summed E-state index contributed by atoms with van der Waals surface area (Å²) < 4.78 is 6.13. The number of aromatic amines is 1. The number of aliphatic hydroxyl groups excluding tert-OH is 2. The van der Waals surface area contributed by atoms with Gasteiger partial charge in [-0.25, -0.2) is 4.79 Å². The molecule has 1 unspecified atom stereocenters. The maximum atomic E-state index is 11.4. The summed E-state index contributed by atoms with van der Waals surface area (Å²) in [5.74, 6) is 0. The fourth-order valence-electron chi connectivity index (χ4n) is 1.81. The molecule has 1 saturated heterocycles. The van der Waals surface area contributed by atoms with Crippen molar-refractivity contribution in [2.45, 2.75) is 37.9 Å². The number of aliphatic hydroxyl groups is 2. The van der Waals surface area contributed by atoms with E-state index in [1.165, 1.54) is 0 Å². The first-order valence-electron chi connectivity index (χ1n) is 5.24. The lowest BCUT2D eigenvalue weighted by molar-refractivity contribution is -0.0488. The maximum absolute atomic E-state index is 11.4. The quantitative estimate of drug-likeness (QED) is 0.551. The predicted molar refractivity (Wildman–Crippen MR) is 55.3 cm³/mol. The van der Waals surface area contributed by atoms with E-state index in [0.717, 1.165) is 10.9 Å². The summed E-state index contributed by atoms with van der Waals surface area (Å²) in [4.78, 5) is 24.3. The van der Waals surface area contributed by atoms with Gasteiger partial charge in [-0.3, -0.25) is 9.78 Å². The van der Waals surface area contributed by atoms with Crippen molar-refractivity contribution in [3.8, 4) is 0 Å². The van der Waals surface area contributed by atoms with Crippen LogP contribution >= 0.6 is 0 Å². The van der Waals surface area contributed by atoms with E-state index in [4.69, 9.17) is 4.74 Å². The Balaban J connectivity index is 2.35. The topological polar surface area (TPSA) is 117 Å². The molecule has 3 N–H and O–H groups in total. The highest BCUT2D eigenvalue weighted by atomic mass is 16.6. The first-order valence-corrected chi connectivity index (χ1v) is 5.24. The minimum absolute atomic E-state index is 0.493. The summed E-state index contributed by atoms with van der Waals surface area (Å²) in [5, 5.41) is 23.0. The first kappa shape index (κ1) is 12.0. The van der Waals surface area contributed by atoms with Crippen LogP contribution in [0.4, 0.5) is 0 Å². The number of nitrogens with one attached hydrogen (secondary N) is 1. The maximum Gasteiger partial charge on any atom is 0.347 e. The molecule has 4 atom stereocenters. The van der Waals surface area contributed by atoms with E-state index in [1.54, 1.807) is 6.92 Å². The van der Waals surface area contributed by atoms with Crippen molar-refractivity contribution in [2.24, 2.45) is 0 Å². The molecule has 1 aliphatic heterocycles. The zero-order valence-electron chi connectivity index (χ0n) is 9.11. The lowest BCUT2D eigenvalue weighted by atomic mass is 10.1. The molecule has 0 aliphatic carbocycles. The lowest BCUT2D eigenvalue weighted by Crippen LogP contribution is -2.39. The Kier molecular flexibility index (Phi) is 3.09. The molecule has 0 saturated carbocycles. The van der Waals surface area contributed by atoms with Crippen LogP contribution < -0.4 is 11.2 Å². The smallest absolute Gasteiger partial charge is 0.347 e. The Morgan fingerprint density at radius 1 is 1.47 bits per heavy atom. The molecule has 0 bridgehead atoms. The summed E-state index contributed by atoms with van der Waals surface area (Å²) >= 11 is 0. The van der Waals surface area contributed by atoms with Crippen molar-refractivity contribution in [3.63, 3.8) is 0 Å². The fraction of sp³-hybridized carbons (Fsp3) is 0.667. The minimum Gasteiger partial charge on any atom is -0.388 e. The van der Waals surface area contributed by atoms with Gasteiger partial charge in [0.1, 0.15) is 18.4 Å². The van der Waals surface area contributed by atoms with Crippen LogP contribution in [0.25, 0.3) is 0 Å². The van der Waals surface area contributed by atoms with Crippen LogP contribution in [0.1, 0.15) is 19.6 Å². The number of hydrogen-bond acceptors (Lipinski definition) is 6. The van der Waals surface area contributed by atoms with Crippen molar-refractivity contribution in [2.75, 3.05) is 0 Å². The predicted octanol–water partition coefficient (Wildman–Crippen LogP) is -2.04. The Bertz CT molecular complexity index is 510. The fourth-order valence-corrected chi connectivity index (χ4v) is 1.81. The zero-order chi connectivity index (χ0) is 12.6. The lowest BCUT2D eigenvalue weighted by Gasteiger charge is -2.14. The van der Waals surface area contributed by atoms with Gasteiger partial charge in [0, 0.05) is 0 Å². The monoisotopic (exact) mass is 243 g/mol. The highest BCUT2D eigenvalue weighted by Crippen LogP contribution is 2.28. The van der Waals surface area contributed by atoms with E-state index < -0.39 is 35.8 Å². The van der Waals surface area contributed by atoms with Crippen LogP contribution in [0, 0.1) is 0 Å². The molecule has 1 aliphatic rings. The normalized spacial score (nSPS) is 32.9. The van der Waals surface area contributed by atoms with Gasteiger partial charge >= 0.3 is 5.69 Å². The van der Waals surface area contributed by atoms with Gasteiger partial charge in [0.05, 0.1) is 6.10 Å². The minimum atomic E-state index is -1.25. The van der Waals surface area contributed by atoms with E-state index in [1.807, 2.05) is 4.98 Å². The molecule has 2 heterocycles. The average molecular weight is 243 g/mol. The Morgan fingerprint density at radius 2 is 2.18 bits per heavy atom. The molecular formula is C9H13N3O5. The third-order valence-electron chi connectivity index (χ3n) is 2.72. The van der Waals surface area contributed by atoms with Crippen LogP contribution in [0.3, 0.4) is 0 Å². The molecule has 0 radical (unpaired) electrons. The summed E-state index contributed by atoms with van der Waals surface area (Å²) in [6, 6.07) is 0. The molecular weight excluding hydrogens is 230 g/mol. The van der Waals surface area contributed by atoms with Crippen molar-refractivity contribution in [1.82, 2.24) is 14.8 Å². The number of ether oxygens (including phenoxy) is 1. The van der Waals surface area contributed by atoms with E-state index in [9.17, 15) is 19.8 Å². The standard InChI is InChI=1S/C9H13N3O5/c1-2-4-6(14)7(15)8(17-4)12-9(16)11-5(13)3-10-12/h3-4,6-8,14-15H,2H2,1H3,(H,11,13,16)/t4-,6+,7?,8-/m1/s1. The van der Waals surface area contributed by atoms with Gasteiger partial charge in [0.25, 0.3) is 5.56 Å². The van der Waals surface area contributed by atoms with Gasteiger partial charge in [-0.15, -0.1) is 0 Å². The molecule has 0 spiro atoms. The highest BCUT2D eigenvalue weighted by molar-refractivity contribution is 4.88. The van der Waals surface area contributed by atoms with Crippen LogP contribution in [-0.4, -0.2) is 43.3 Å². The molecule has 2 rings (SSSR count). The van der Waals surface area contributed by atoms with Gasteiger partial charge in [-0.1, -0.05) is 6.92 Å². The van der Waals surface area contributed by atoms with Gasteiger partial charge in [0.2, 0.25) is 0 Å². The molecule has 8 heteroatoms. The first-order chi connectivity index (χ1) is 8.04. The zero-order valence-corrected chi connectivity index (χ0v) is 9.11. The summed E-state index contributed by atoms with van der Waals surface area (Å²) in [5.41, 5.74) is -1.42. The van der Waals surface area contributed by atoms with E-state index in [0.29, 0.717) is 6.42 Å². The summed E-state index contributed by atoms with van der Waals surface area (Å²) in [7, 11) is 0. The number of hydrogen-bond donors (Lipinski definition) is 3. The Morgan fingerprint density at radius 3 is 2.71 bits per heavy atom. The van der Waals surface area contributed by atoms with Crippen molar-refractivity contribution in [1.29, 1.82) is 0 Å². The number of aromatic nitrogens is 3. The van der Waals surface area contributed by atoms with Gasteiger partial charge < -0.3 is 14.9 Å². The third kappa shape index (κ3) is 2.02. The summed E-state index contributed by atoms with van der Waals surface area (Å²) in [6.45, 7) is 1.78. The van der Waals surface area contributed by atoms with E-state index in [-0.39, 0.29) is 0 Å². The van der Waals surface area contributed by atoms with E-state index >= 15 is 0 Å². The van der Waals surface area contributed by atoms with E-state index in [2.05, 4.69) is 5.10 Å². The second-order valence-corrected chi connectivity index (χ2v) is 3.84. The summed E-state index contributed by atoms with van der Waals surface area (Å²) in [6.07, 6.45) is -2.58. The number of nitrogens with zero attached hydrogens (tertiary/aromatic N) is 2. The number of rotatable bonds is 2. The van der Waals surface area contributed by atoms with Gasteiger partial charge in [0.15, 0.2) is 6.23 Å². The van der Waals surface area contributed by atoms with Crippen molar-refractivity contribution >= 4 is 0 Å². The largest absolute Gasteiger partial charge is 0.388 e. The molecule has 8 nitrogen and oxygen atoms in total. The third-order valence-corrected chi connectivity index (χ3v) is 2.72. The average Bonchev–Trinajstić information content (AvgIpc) is 2.57. The molecule has 17 heavy (non-hydrogen) atoms. The van der Waals surface area contributed by atoms with Gasteiger partial charge in [-0.2, -0.15) is 9.78 Å².